The summed E-state index contributed by atoms with van der Waals surface area (Å²) in [5.41, 5.74) is 19.4. The van der Waals surface area contributed by atoms with Gasteiger partial charge < -0.3 is 94.2 Å². The smallest absolute Gasteiger partial charge is 0.469 e. The number of aliphatic imine (C=N–C) groups is 1. The number of carboxylic acid groups (broad SMARTS) is 2. The zero-order chi connectivity index (χ0) is 74.7. The minimum Gasteiger partial charge on any atom is -0.872 e. The number of amides is 7. The van der Waals surface area contributed by atoms with Crippen molar-refractivity contribution in [3.05, 3.63) is 109 Å². The standard InChI is InChI=1S/C64H84N13O23P/c1-5-31(4)54(75-60(90)43(21-30(2)3)73-55(85)32-11-14-36(62(92)93)39(22-32)53-37-15-12-34(78)24-47(37)99-48-25-35(79)13-16-38(48)53)61(91)74-44(26-50(66)82)59(89)71-41(9-6-7-19-65)57(87)72-42(17-18-52(83)84)58(88)70-40(10-8-20-69-63(67)68)45(80)23-33-28-77(64(94)76-56(33)86)51-27-46(81)49(100-51)29-98-101(95,96)97/h11-16,22,24-25,28,30-31,40-44,46,49,51,54,78,81H,5-10,17-21,23,26-27,29,65H2,1-4H3,(H2,66,82)(H,70,88)(H,71,89)(H,72,87)(H,73,85)(H,74,91)(H,75,90)(H,83,84)(H,92,93)(H4,67,68,69)(H,76,86,94)(H2,95,96,97)/p-1/t31-,40-,41-,42-,43-,44-,46-,49+,51+,54-/m0/s1. The summed E-state index contributed by atoms with van der Waals surface area (Å²) in [6, 6.07) is 1.47. The summed E-state index contributed by atoms with van der Waals surface area (Å²) in [5.74, 6) is -12.9. The van der Waals surface area contributed by atoms with Gasteiger partial charge in [0.1, 0.15) is 53.9 Å². The van der Waals surface area contributed by atoms with Crippen LogP contribution in [0.3, 0.4) is 0 Å². The number of nitrogens with one attached hydrogen (secondary N) is 7. The Kier molecular flexibility index (Phi) is 28.6. The number of fused-ring (bicyclic) bond motifs is 2. The maximum atomic E-state index is 14.5. The SMILES string of the molecule is CC[C@H](C)[C@H](NC(=O)[C@H](CC(C)C)NC(=O)c1ccc(C(=O)O)c(-c2c3ccc(=O)cc-3oc3cc([O-])ccc23)c1)C(=O)N[C@@H](CC(N)=O)C(=O)N[C@@H](CCCCN)C(=O)N[C@@H](CCC(=O)O)C(=O)N[C@@H](CCCN=C(N)N)C(=O)Cc1cn([C@H]2C[C@H](O)[C@@H](COP(=O)(O)O)O2)c(=O)[nH]c1=O. The van der Waals surface area contributed by atoms with Gasteiger partial charge >= 0.3 is 25.5 Å². The first-order chi connectivity index (χ1) is 47.6. The van der Waals surface area contributed by atoms with E-state index >= 15 is 0 Å². The number of unbranched alkanes of at least 4 members (excludes halogenated alkanes) is 1. The van der Waals surface area contributed by atoms with Crippen molar-refractivity contribution in [3.8, 4) is 28.2 Å². The number of H-pyrrole nitrogens is 1. The van der Waals surface area contributed by atoms with Gasteiger partial charge in [0.25, 0.3) is 11.5 Å². The van der Waals surface area contributed by atoms with Gasteiger partial charge in [-0.3, -0.25) is 71.8 Å². The third kappa shape index (κ3) is 22.9. The molecule has 20 N–H and O–H groups in total. The van der Waals surface area contributed by atoms with Gasteiger partial charge in [0.15, 0.2) is 17.2 Å². The number of aliphatic carboxylic acids is 1. The number of phosphoric ester groups is 1. The van der Waals surface area contributed by atoms with Crippen LogP contribution in [0.5, 0.6) is 5.75 Å². The van der Waals surface area contributed by atoms with Crippen LogP contribution in [0, 0.1) is 11.8 Å². The van der Waals surface area contributed by atoms with E-state index in [1.54, 1.807) is 27.7 Å². The Balaban J connectivity index is 1.22. The van der Waals surface area contributed by atoms with E-state index in [1.165, 1.54) is 42.5 Å². The number of aromatic amines is 1. The topological polar surface area (TPSA) is 604 Å². The van der Waals surface area contributed by atoms with E-state index in [2.05, 4.69) is 41.4 Å². The first kappa shape index (κ1) is 79.8. The number of carbonyl (C=O) groups excluding carboxylic acids is 8. The quantitative estimate of drug-likeness (QED) is 0.00688. The predicted octanol–water partition coefficient (Wildman–Crippen LogP) is -1.71. The van der Waals surface area contributed by atoms with Gasteiger partial charge in [-0.2, -0.15) is 0 Å². The third-order valence-corrected chi connectivity index (χ3v) is 16.9. The van der Waals surface area contributed by atoms with Gasteiger partial charge in [-0.15, -0.1) is 5.75 Å². The predicted molar refractivity (Wildman–Crippen MR) is 357 cm³/mol. The van der Waals surface area contributed by atoms with Crippen LogP contribution in [0.25, 0.3) is 33.4 Å². The van der Waals surface area contributed by atoms with Crippen LogP contribution in [0.4, 0.5) is 0 Å². The Labute approximate surface area is 575 Å². The van der Waals surface area contributed by atoms with Gasteiger partial charge in [0, 0.05) is 65.7 Å². The molecule has 3 heterocycles. The monoisotopic (exact) mass is 1430 g/mol. The van der Waals surface area contributed by atoms with E-state index in [0.717, 1.165) is 22.9 Å². The fraction of sp³-hybridized carbons (Fsp3) is 0.469. The molecular formula is C64H83N13O23P-. The highest BCUT2D eigenvalue weighted by molar-refractivity contribution is 7.46. The number of aliphatic hydroxyl groups excluding tert-OH is 1. The Morgan fingerprint density at radius 2 is 1.42 bits per heavy atom. The zero-order valence-corrected chi connectivity index (χ0v) is 56.4. The maximum Gasteiger partial charge on any atom is 0.469 e. The normalized spacial score (nSPS) is 16.5. The summed E-state index contributed by atoms with van der Waals surface area (Å²) in [5, 5.41) is 58.5. The number of phosphoric acid groups is 1. The van der Waals surface area contributed by atoms with Crippen molar-refractivity contribution in [1.29, 1.82) is 0 Å². The van der Waals surface area contributed by atoms with Gasteiger partial charge in [-0.1, -0.05) is 46.2 Å². The van der Waals surface area contributed by atoms with Gasteiger partial charge in [-0.05, 0) is 105 Å². The van der Waals surface area contributed by atoms with Crippen molar-refractivity contribution in [3.63, 3.8) is 0 Å². The maximum absolute atomic E-state index is 14.5. The van der Waals surface area contributed by atoms with Crippen molar-refractivity contribution in [1.82, 2.24) is 41.5 Å². The van der Waals surface area contributed by atoms with Gasteiger partial charge in [-0.25, -0.2) is 14.2 Å². The molecule has 0 unspecified atom stereocenters. The fourth-order valence-electron chi connectivity index (χ4n) is 11.1. The molecule has 1 fully saturated rings. The summed E-state index contributed by atoms with van der Waals surface area (Å²) in [7, 11) is -5.01. The number of Topliss-reactive ketones (excluding diaryl/α,β-unsaturated/α-hetero) is 1. The highest BCUT2D eigenvalue weighted by atomic mass is 31.2. The molecule has 0 radical (unpaired) electrons. The second kappa shape index (κ2) is 36.2. The Morgan fingerprint density at radius 1 is 0.772 bits per heavy atom. The molecule has 548 valence electrons. The van der Waals surface area contributed by atoms with Crippen LogP contribution in [0.15, 0.2) is 84.6 Å². The van der Waals surface area contributed by atoms with E-state index in [9.17, 15) is 87.3 Å². The number of ether oxygens (including phenoxy) is 1. The number of rotatable bonds is 38. The second-order valence-electron chi connectivity index (χ2n) is 24.6. The molecule has 37 heteroatoms. The van der Waals surface area contributed by atoms with Gasteiger partial charge in [0.2, 0.25) is 35.4 Å². The molecule has 101 heavy (non-hydrogen) atoms. The van der Waals surface area contributed by atoms with Crippen LogP contribution < -0.4 is 76.6 Å². The lowest BCUT2D eigenvalue weighted by Gasteiger charge is -2.29. The molecule has 0 bridgehead atoms. The van der Waals surface area contributed by atoms with Crippen LogP contribution in [-0.4, -0.2) is 168 Å². The molecule has 36 nitrogen and oxygen atoms in total. The van der Waals surface area contributed by atoms with Crippen molar-refractivity contribution in [2.75, 3.05) is 19.7 Å². The van der Waals surface area contributed by atoms with Crippen molar-refractivity contribution in [2.45, 2.75) is 159 Å². The lowest BCUT2D eigenvalue weighted by Crippen LogP contribution is -2.61. The van der Waals surface area contributed by atoms with Crippen LogP contribution in [0.1, 0.15) is 131 Å². The Morgan fingerprint density at radius 3 is 2.04 bits per heavy atom. The molecule has 2 aliphatic heterocycles. The van der Waals surface area contributed by atoms with Crippen molar-refractivity contribution < 1.29 is 96.4 Å². The second-order valence-corrected chi connectivity index (χ2v) is 25.9. The number of aromatic nitrogens is 2. The highest BCUT2D eigenvalue weighted by Crippen LogP contribution is 2.42. The molecule has 3 aliphatic rings. The molecule has 6 rings (SSSR count). The fourth-order valence-corrected chi connectivity index (χ4v) is 11.4. The molecule has 0 saturated carbocycles. The molecule has 3 aromatic rings. The van der Waals surface area contributed by atoms with Crippen LogP contribution in [-0.2, 0) is 58.6 Å². The number of benzene rings is 3. The number of aliphatic hydroxyl groups is 1. The van der Waals surface area contributed by atoms with Gasteiger partial charge in [0.05, 0.1) is 30.7 Å². The van der Waals surface area contributed by atoms with E-state index in [4.69, 9.17) is 41.9 Å². The summed E-state index contributed by atoms with van der Waals surface area (Å²) < 4.78 is 28.0. The van der Waals surface area contributed by atoms with Crippen molar-refractivity contribution >= 4 is 83.8 Å². The summed E-state index contributed by atoms with van der Waals surface area (Å²) in [4.78, 5) is 201. The Bertz CT molecular complexity index is 4130. The molecule has 0 spiro atoms. The number of carboxylic acids is 2. The number of hydrogen-bond acceptors (Lipinski definition) is 21. The average Bonchev–Trinajstić information content (AvgIpc) is 1.17. The summed E-state index contributed by atoms with van der Waals surface area (Å²) in [6.45, 7) is 5.94. The molecule has 1 aromatic heterocycles. The number of guanidine groups is 1. The number of nitrogens with two attached hydrogens (primary N) is 4. The Hall–Kier alpha value is -10.2. The first-order valence-electron chi connectivity index (χ1n) is 32.1. The molecule has 10 atom stereocenters. The molecular weight excluding hydrogens is 1350 g/mol. The number of ketones is 1. The molecule has 7 amide bonds. The first-order valence-corrected chi connectivity index (χ1v) is 33.7. The number of carbonyl (C=O) groups is 10. The zero-order valence-electron chi connectivity index (χ0n) is 55.5. The van der Waals surface area contributed by atoms with E-state index in [0.29, 0.717) is 0 Å². The number of primary amides is 1. The third-order valence-electron chi connectivity index (χ3n) is 16.4. The number of hydrogen-bond donors (Lipinski definition) is 16. The summed E-state index contributed by atoms with van der Waals surface area (Å²) >= 11 is 0. The van der Waals surface area contributed by atoms with E-state index < -0.39 is 182 Å². The van der Waals surface area contributed by atoms with E-state index in [1.807, 2.05) is 4.98 Å². The number of aromatic carboxylic acids is 1. The molecule has 2 aromatic carbocycles. The molecule has 1 aliphatic carbocycles. The molecule has 1 saturated heterocycles. The summed E-state index contributed by atoms with van der Waals surface area (Å²) in [6.07, 6.45) is -6.53. The van der Waals surface area contributed by atoms with E-state index in [-0.39, 0.29) is 126 Å². The van der Waals surface area contributed by atoms with Crippen LogP contribution >= 0.6 is 7.82 Å². The minimum atomic E-state index is -5.01. The minimum absolute atomic E-state index is 0.0110. The lowest BCUT2D eigenvalue weighted by molar-refractivity contribution is -0.268. The number of nitrogens with zero attached hydrogens (tertiary/aromatic N) is 2. The average molecular weight is 1430 g/mol. The van der Waals surface area contributed by atoms with Crippen molar-refractivity contribution in [2.24, 2.45) is 39.8 Å². The van der Waals surface area contributed by atoms with Crippen LogP contribution in [0.2, 0.25) is 0 Å². The highest BCUT2D eigenvalue weighted by Gasteiger charge is 2.39. The largest absolute Gasteiger partial charge is 0.872 e. The lowest BCUT2D eigenvalue weighted by atomic mass is 9.89.